The minimum atomic E-state index is -0.530. The number of nitrogens with two attached hydrogens (primary N) is 1. The number of hydrogen-bond donors (Lipinski definition) is 2. The molecule has 0 bridgehead atoms. The van der Waals surface area contributed by atoms with Crippen LogP contribution in [0.2, 0.25) is 0 Å². The van der Waals surface area contributed by atoms with Gasteiger partial charge in [-0.2, -0.15) is 5.10 Å². The number of nitrogens with zero attached hydrogens (tertiary/aromatic N) is 2. The summed E-state index contributed by atoms with van der Waals surface area (Å²) in [5, 5.41) is 6.67. The molecule has 1 aromatic rings. The van der Waals surface area contributed by atoms with Crippen molar-refractivity contribution in [3.8, 4) is 0 Å². The number of anilines is 1. The molecule has 0 saturated carbocycles. The second kappa shape index (κ2) is 4.02. The van der Waals surface area contributed by atoms with Crippen LogP contribution in [-0.2, 0) is 11.8 Å². The van der Waals surface area contributed by atoms with Gasteiger partial charge in [-0.1, -0.05) is 20.8 Å². The lowest BCUT2D eigenvalue weighted by molar-refractivity contribution is -0.119. The van der Waals surface area contributed by atoms with Gasteiger partial charge in [0.05, 0.1) is 17.9 Å². The van der Waals surface area contributed by atoms with Gasteiger partial charge in [-0.3, -0.25) is 9.48 Å². The lowest BCUT2D eigenvalue weighted by Gasteiger charge is -2.25. The van der Waals surface area contributed by atoms with Crippen LogP contribution in [0.1, 0.15) is 20.8 Å². The molecule has 1 unspecified atom stereocenters. The lowest BCUT2D eigenvalue weighted by Crippen LogP contribution is -2.45. The molecule has 5 heteroatoms. The smallest absolute Gasteiger partial charge is 0.241 e. The standard InChI is InChI=1S/C10H18N4O/c1-10(2,3)8(11)9(15)13-7-5-12-14(4)6-7/h5-6,8H,11H2,1-4H3,(H,13,15). The van der Waals surface area contributed by atoms with E-state index in [2.05, 4.69) is 10.4 Å². The predicted molar refractivity (Wildman–Crippen MR) is 59.3 cm³/mol. The molecule has 0 radical (unpaired) electrons. The van der Waals surface area contributed by atoms with Crippen LogP contribution < -0.4 is 11.1 Å². The molecule has 3 N–H and O–H groups in total. The van der Waals surface area contributed by atoms with E-state index in [0.717, 1.165) is 0 Å². The molecular weight excluding hydrogens is 192 g/mol. The fourth-order valence-corrected chi connectivity index (χ4v) is 1.10. The fraction of sp³-hybridized carbons (Fsp3) is 0.600. The average Bonchev–Trinajstić information content (AvgIpc) is 2.48. The number of hydrogen-bond acceptors (Lipinski definition) is 3. The molecule has 0 aliphatic rings. The number of carbonyl (C=O) groups is 1. The molecule has 0 aromatic carbocycles. The van der Waals surface area contributed by atoms with Crippen LogP contribution in [-0.4, -0.2) is 21.7 Å². The third-order valence-corrected chi connectivity index (χ3v) is 2.19. The van der Waals surface area contributed by atoms with Crippen LogP contribution >= 0.6 is 0 Å². The van der Waals surface area contributed by atoms with Crippen molar-refractivity contribution in [2.75, 3.05) is 5.32 Å². The maximum absolute atomic E-state index is 11.7. The first-order valence-electron chi connectivity index (χ1n) is 4.86. The van der Waals surface area contributed by atoms with Crippen molar-refractivity contribution in [1.82, 2.24) is 9.78 Å². The molecule has 0 spiro atoms. The Morgan fingerprint density at radius 1 is 1.60 bits per heavy atom. The third kappa shape index (κ3) is 3.06. The van der Waals surface area contributed by atoms with E-state index in [-0.39, 0.29) is 11.3 Å². The van der Waals surface area contributed by atoms with Crippen LogP contribution in [0, 0.1) is 5.41 Å². The van der Waals surface area contributed by atoms with E-state index in [0.29, 0.717) is 5.69 Å². The highest BCUT2D eigenvalue weighted by Gasteiger charge is 2.27. The van der Waals surface area contributed by atoms with E-state index < -0.39 is 6.04 Å². The Kier molecular flexibility index (Phi) is 3.14. The van der Waals surface area contributed by atoms with E-state index >= 15 is 0 Å². The number of aryl methyl sites for hydroxylation is 1. The van der Waals surface area contributed by atoms with Gasteiger partial charge in [0.15, 0.2) is 0 Å². The molecule has 0 aliphatic carbocycles. The van der Waals surface area contributed by atoms with Crippen molar-refractivity contribution in [3.05, 3.63) is 12.4 Å². The number of nitrogens with one attached hydrogen (secondary N) is 1. The summed E-state index contributed by atoms with van der Waals surface area (Å²) in [5.41, 5.74) is 6.23. The Bertz CT molecular complexity index is 351. The van der Waals surface area contributed by atoms with Crippen molar-refractivity contribution in [2.45, 2.75) is 26.8 Å². The quantitative estimate of drug-likeness (QED) is 0.756. The first-order valence-corrected chi connectivity index (χ1v) is 4.86. The molecule has 1 atom stereocenters. The van der Waals surface area contributed by atoms with Gasteiger partial charge in [-0.25, -0.2) is 0 Å². The Hall–Kier alpha value is -1.36. The minimum absolute atomic E-state index is 0.185. The monoisotopic (exact) mass is 210 g/mol. The Labute approximate surface area is 89.6 Å². The summed E-state index contributed by atoms with van der Waals surface area (Å²) in [6, 6.07) is -0.530. The zero-order valence-electron chi connectivity index (χ0n) is 9.61. The molecule has 1 amide bonds. The largest absolute Gasteiger partial charge is 0.322 e. The summed E-state index contributed by atoms with van der Waals surface area (Å²) in [6.07, 6.45) is 3.32. The first kappa shape index (κ1) is 11.7. The Morgan fingerprint density at radius 3 is 2.60 bits per heavy atom. The van der Waals surface area contributed by atoms with E-state index in [1.807, 2.05) is 20.8 Å². The van der Waals surface area contributed by atoms with Crippen molar-refractivity contribution >= 4 is 11.6 Å². The van der Waals surface area contributed by atoms with Gasteiger partial charge < -0.3 is 11.1 Å². The molecule has 0 aliphatic heterocycles. The Balaban J connectivity index is 2.64. The number of aromatic nitrogens is 2. The molecule has 1 heterocycles. The van der Waals surface area contributed by atoms with Gasteiger partial charge in [-0.05, 0) is 5.41 Å². The van der Waals surface area contributed by atoms with Gasteiger partial charge in [0.25, 0.3) is 0 Å². The molecule has 0 fully saturated rings. The normalized spacial score (nSPS) is 13.7. The van der Waals surface area contributed by atoms with Crippen molar-refractivity contribution in [2.24, 2.45) is 18.2 Å². The maximum atomic E-state index is 11.7. The van der Waals surface area contributed by atoms with E-state index in [1.165, 1.54) is 0 Å². The summed E-state index contributed by atoms with van der Waals surface area (Å²) < 4.78 is 1.62. The van der Waals surface area contributed by atoms with Gasteiger partial charge in [0.2, 0.25) is 5.91 Å². The van der Waals surface area contributed by atoms with Crippen molar-refractivity contribution in [3.63, 3.8) is 0 Å². The highest BCUT2D eigenvalue weighted by Crippen LogP contribution is 2.18. The molecule has 84 valence electrons. The van der Waals surface area contributed by atoms with Gasteiger partial charge in [0.1, 0.15) is 0 Å². The average molecular weight is 210 g/mol. The third-order valence-electron chi connectivity index (χ3n) is 2.19. The lowest BCUT2D eigenvalue weighted by atomic mass is 9.87. The van der Waals surface area contributed by atoms with Crippen LogP contribution in [0.3, 0.4) is 0 Å². The zero-order chi connectivity index (χ0) is 11.6. The highest BCUT2D eigenvalue weighted by atomic mass is 16.2. The molecule has 15 heavy (non-hydrogen) atoms. The summed E-state index contributed by atoms with van der Waals surface area (Å²) in [5.74, 6) is -0.185. The van der Waals surface area contributed by atoms with Crippen molar-refractivity contribution < 1.29 is 4.79 Å². The summed E-state index contributed by atoms with van der Waals surface area (Å²) in [7, 11) is 1.79. The molecule has 5 nitrogen and oxygen atoms in total. The van der Waals surface area contributed by atoms with Crippen molar-refractivity contribution in [1.29, 1.82) is 0 Å². The van der Waals surface area contributed by atoms with Gasteiger partial charge in [0, 0.05) is 13.2 Å². The second-order valence-corrected chi connectivity index (χ2v) is 4.74. The highest BCUT2D eigenvalue weighted by molar-refractivity contribution is 5.94. The van der Waals surface area contributed by atoms with Crippen LogP contribution in [0.25, 0.3) is 0 Å². The Morgan fingerprint density at radius 2 is 2.20 bits per heavy atom. The second-order valence-electron chi connectivity index (χ2n) is 4.74. The number of rotatable bonds is 2. The van der Waals surface area contributed by atoms with Gasteiger partial charge in [-0.15, -0.1) is 0 Å². The molecular formula is C10H18N4O. The van der Waals surface area contributed by atoms with E-state index in [9.17, 15) is 4.79 Å². The summed E-state index contributed by atoms with van der Waals surface area (Å²) in [6.45, 7) is 5.79. The fourth-order valence-electron chi connectivity index (χ4n) is 1.10. The van der Waals surface area contributed by atoms with Crippen LogP contribution in [0.15, 0.2) is 12.4 Å². The predicted octanol–water partition coefficient (Wildman–Crippen LogP) is 0.732. The van der Waals surface area contributed by atoms with Gasteiger partial charge >= 0.3 is 0 Å². The summed E-state index contributed by atoms with van der Waals surface area (Å²) in [4.78, 5) is 11.7. The maximum Gasteiger partial charge on any atom is 0.241 e. The topological polar surface area (TPSA) is 72.9 Å². The molecule has 1 rings (SSSR count). The number of carbonyl (C=O) groups excluding carboxylic acids is 1. The minimum Gasteiger partial charge on any atom is -0.322 e. The molecule has 0 saturated heterocycles. The van der Waals surface area contributed by atoms with E-state index in [1.54, 1.807) is 24.1 Å². The first-order chi connectivity index (χ1) is 6.80. The molecule has 1 aromatic heterocycles. The zero-order valence-corrected chi connectivity index (χ0v) is 9.61. The SMILES string of the molecule is Cn1cc(NC(=O)C(N)C(C)(C)C)cn1. The summed E-state index contributed by atoms with van der Waals surface area (Å²) >= 11 is 0. The van der Waals surface area contributed by atoms with Crippen LogP contribution in [0.5, 0.6) is 0 Å². The van der Waals surface area contributed by atoms with E-state index in [4.69, 9.17) is 5.73 Å². The van der Waals surface area contributed by atoms with Crippen LogP contribution in [0.4, 0.5) is 5.69 Å². The number of amides is 1.